The molecule has 13 heavy (non-hydrogen) atoms. The summed E-state index contributed by atoms with van der Waals surface area (Å²) < 4.78 is 24.7. The highest BCUT2D eigenvalue weighted by atomic mass is 35.5. The van der Waals surface area contributed by atoms with E-state index in [1.54, 1.807) is 0 Å². The first-order valence-corrected chi connectivity index (χ1v) is 4.14. The highest BCUT2D eigenvalue weighted by Gasteiger charge is 2.19. The highest BCUT2D eigenvalue weighted by Crippen LogP contribution is 2.33. The van der Waals surface area contributed by atoms with E-state index in [2.05, 4.69) is 4.98 Å². The van der Waals surface area contributed by atoms with Crippen LogP contribution in [0, 0.1) is 0 Å². The number of nitrogens with two attached hydrogens (primary N) is 1. The highest BCUT2D eigenvalue weighted by molar-refractivity contribution is 6.35. The third-order valence-corrected chi connectivity index (χ3v) is 2.26. The van der Waals surface area contributed by atoms with Crippen LogP contribution in [-0.4, -0.2) is 4.98 Å². The number of nitrogens with zero attached hydrogens (tertiary/aromatic N) is 1. The SMILES string of the molecule is NCc1cnc(Cl)c(C(F)F)c1Cl. The predicted molar refractivity (Wildman–Crippen MR) is 47.1 cm³/mol. The largest absolute Gasteiger partial charge is 0.326 e. The summed E-state index contributed by atoms with van der Waals surface area (Å²) in [5.41, 5.74) is 5.17. The molecule has 72 valence electrons. The summed E-state index contributed by atoms with van der Waals surface area (Å²) in [4.78, 5) is 3.55. The molecule has 0 saturated heterocycles. The Kier molecular flexibility index (Phi) is 3.41. The zero-order chi connectivity index (χ0) is 10.0. The van der Waals surface area contributed by atoms with Crippen molar-refractivity contribution in [2.75, 3.05) is 0 Å². The molecule has 0 bridgehead atoms. The van der Waals surface area contributed by atoms with Crippen molar-refractivity contribution in [2.45, 2.75) is 13.0 Å². The Morgan fingerprint density at radius 2 is 2.08 bits per heavy atom. The third kappa shape index (κ3) is 2.07. The lowest BCUT2D eigenvalue weighted by atomic mass is 10.2. The molecule has 0 spiro atoms. The molecule has 0 aliphatic rings. The third-order valence-electron chi connectivity index (χ3n) is 1.51. The lowest BCUT2D eigenvalue weighted by Gasteiger charge is -2.07. The monoisotopic (exact) mass is 226 g/mol. The van der Waals surface area contributed by atoms with Crippen LogP contribution >= 0.6 is 23.2 Å². The molecule has 2 nitrogen and oxygen atoms in total. The molecule has 1 aromatic rings. The maximum Gasteiger partial charge on any atom is 0.268 e. The van der Waals surface area contributed by atoms with Crippen molar-refractivity contribution in [3.63, 3.8) is 0 Å². The van der Waals surface area contributed by atoms with E-state index in [0.717, 1.165) is 0 Å². The van der Waals surface area contributed by atoms with Gasteiger partial charge in [-0.2, -0.15) is 0 Å². The van der Waals surface area contributed by atoms with Gasteiger partial charge in [-0.25, -0.2) is 13.8 Å². The van der Waals surface area contributed by atoms with Crippen LogP contribution in [0.5, 0.6) is 0 Å². The predicted octanol–water partition coefficient (Wildman–Crippen LogP) is 2.78. The van der Waals surface area contributed by atoms with Crippen LogP contribution in [0.25, 0.3) is 0 Å². The summed E-state index contributed by atoms with van der Waals surface area (Å²) in [6.07, 6.45) is -1.45. The molecule has 0 unspecified atom stereocenters. The molecule has 1 rings (SSSR count). The summed E-state index contributed by atoms with van der Waals surface area (Å²) in [6, 6.07) is 0. The standard InChI is InChI=1S/C7H6Cl2F2N2/c8-5-3(1-12)2-13-6(9)4(5)7(10)11/h2,7H,1,12H2. The van der Waals surface area contributed by atoms with Gasteiger partial charge in [0, 0.05) is 18.3 Å². The van der Waals surface area contributed by atoms with E-state index >= 15 is 0 Å². The van der Waals surface area contributed by atoms with E-state index in [1.807, 2.05) is 0 Å². The van der Waals surface area contributed by atoms with E-state index < -0.39 is 12.0 Å². The van der Waals surface area contributed by atoms with Gasteiger partial charge in [0.25, 0.3) is 6.43 Å². The summed E-state index contributed by atoms with van der Waals surface area (Å²) in [7, 11) is 0. The smallest absolute Gasteiger partial charge is 0.268 e. The van der Waals surface area contributed by atoms with Gasteiger partial charge in [-0.1, -0.05) is 23.2 Å². The molecule has 2 N–H and O–H groups in total. The average molecular weight is 227 g/mol. The molecule has 0 radical (unpaired) electrons. The molecule has 0 saturated carbocycles. The minimum atomic E-state index is -2.74. The number of halogens is 4. The molecule has 1 heterocycles. The van der Waals surface area contributed by atoms with Crippen LogP contribution < -0.4 is 5.73 Å². The second kappa shape index (κ2) is 4.17. The minimum Gasteiger partial charge on any atom is -0.326 e. The number of alkyl halides is 2. The van der Waals surface area contributed by atoms with Crippen LogP contribution in [0.3, 0.4) is 0 Å². The minimum absolute atomic E-state index is 0.0583. The first-order valence-electron chi connectivity index (χ1n) is 3.39. The molecule has 0 aliphatic carbocycles. The van der Waals surface area contributed by atoms with Gasteiger partial charge in [0.15, 0.2) is 0 Å². The number of rotatable bonds is 2. The van der Waals surface area contributed by atoms with E-state index in [1.165, 1.54) is 6.20 Å². The normalized spacial score (nSPS) is 10.9. The van der Waals surface area contributed by atoms with E-state index in [9.17, 15) is 8.78 Å². The first kappa shape index (κ1) is 10.6. The molecule has 0 fully saturated rings. The molecule has 1 aromatic heterocycles. The summed E-state index contributed by atoms with van der Waals surface area (Å²) in [5, 5.41) is -0.380. The lowest BCUT2D eigenvalue weighted by molar-refractivity contribution is 0.151. The zero-order valence-corrected chi connectivity index (χ0v) is 7.91. The fourth-order valence-electron chi connectivity index (χ4n) is 0.852. The van der Waals surface area contributed by atoms with Gasteiger partial charge in [0.2, 0.25) is 0 Å². The molecular formula is C7H6Cl2F2N2. The maximum absolute atomic E-state index is 12.4. The summed E-state index contributed by atoms with van der Waals surface area (Å²) in [6.45, 7) is 0.0583. The van der Waals surface area contributed by atoms with E-state index in [-0.39, 0.29) is 16.7 Å². The molecule has 0 aliphatic heterocycles. The fourth-order valence-corrected chi connectivity index (χ4v) is 1.42. The number of hydrogen-bond acceptors (Lipinski definition) is 2. The van der Waals surface area contributed by atoms with Crippen molar-refractivity contribution in [1.29, 1.82) is 0 Å². The van der Waals surface area contributed by atoms with Gasteiger partial charge in [0.1, 0.15) is 5.15 Å². The van der Waals surface area contributed by atoms with Gasteiger partial charge in [-0.3, -0.25) is 0 Å². The summed E-state index contributed by atoms with van der Waals surface area (Å²) in [5.74, 6) is 0. The number of hydrogen-bond donors (Lipinski definition) is 1. The average Bonchev–Trinajstić information content (AvgIpc) is 2.04. The zero-order valence-electron chi connectivity index (χ0n) is 6.40. The first-order chi connectivity index (χ1) is 6.07. The van der Waals surface area contributed by atoms with Gasteiger partial charge < -0.3 is 5.73 Å². The van der Waals surface area contributed by atoms with Crippen LogP contribution in [-0.2, 0) is 6.54 Å². The molecule has 6 heteroatoms. The maximum atomic E-state index is 12.4. The number of aromatic nitrogens is 1. The Labute approximate surface area is 83.7 Å². The van der Waals surface area contributed by atoms with Crippen molar-refractivity contribution in [3.8, 4) is 0 Å². The Morgan fingerprint density at radius 3 is 2.54 bits per heavy atom. The molecule has 0 atom stereocenters. The molecule has 0 amide bonds. The Bertz CT molecular complexity index is 318. The number of pyridine rings is 1. The van der Waals surface area contributed by atoms with Crippen molar-refractivity contribution in [2.24, 2.45) is 5.73 Å². The second-order valence-electron chi connectivity index (χ2n) is 2.31. The van der Waals surface area contributed by atoms with Crippen molar-refractivity contribution < 1.29 is 8.78 Å². The van der Waals surface area contributed by atoms with Gasteiger partial charge in [-0.05, 0) is 0 Å². The Morgan fingerprint density at radius 1 is 1.46 bits per heavy atom. The van der Waals surface area contributed by atoms with Crippen molar-refractivity contribution >= 4 is 23.2 Å². The lowest BCUT2D eigenvalue weighted by Crippen LogP contribution is -2.02. The van der Waals surface area contributed by atoms with Crippen LogP contribution in [0.15, 0.2) is 6.20 Å². The van der Waals surface area contributed by atoms with Crippen molar-refractivity contribution in [1.82, 2.24) is 4.98 Å². The fraction of sp³-hybridized carbons (Fsp3) is 0.286. The van der Waals surface area contributed by atoms with Gasteiger partial charge >= 0.3 is 0 Å². The summed E-state index contributed by atoms with van der Waals surface area (Å²) >= 11 is 11.1. The van der Waals surface area contributed by atoms with Crippen LogP contribution in [0.4, 0.5) is 8.78 Å². The van der Waals surface area contributed by atoms with Gasteiger partial charge in [-0.15, -0.1) is 0 Å². The van der Waals surface area contributed by atoms with Crippen molar-refractivity contribution in [3.05, 3.63) is 27.5 Å². The van der Waals surface area contributed by atoms with E-state index in [0.29, 0.717) is 5.56 Å². The Hall–Kier alpha value is -0.450. The molecule has 0 aromatic carbocycles. The Balaban J connectivity index is 3.30. The second-order valence-corrected chi connectivity index (χ2v) is 3.04. The van der Waals surface area contributed by atoms with Crippen LogP contribution in [0.2, 0.25) is 10.2 Å². The topological polar surface area (TPSA) is 38.9 Å². The van der Waals surface area contributed by atoms with Crippen LogP contribution in [0.1, 0.15) is 17.6 Å². The van der Waals surface area contributed by atoms with Gasteiger partial charge in [0.05, 0.1) is 10.6 Å². The molecular weight excluding hydrogens is 221 g/mol. The quantitative estimate of drug-likeness (QED) is 0.789. The van der Waals surface area contributed by atoms with E-state index in [4.69, 9.17) is 28.9 Å².